The largest absolute Gasteiger partial charge is 0.396 e. The lowest BCUT2D eigenvalue weighted by Gasteiger charge is -2.39. The molecule has 2 fully saturated rings. The fraction of sp³-hybridized carbons (Fsp3) is 0.923. The molecular weight excluding hydrogens is 216 g/mol. The molecule has 1 amide bonds. The van der Waals surface area contributed by atoms with Crippen LogP contribution in [0.3, 0.4) is 0 Å². The summed E-state index contributed by atoms with van der Waals surface area (Å²) in [7, 11) is 0. The maximum Gasteiger partial charge on any atom is 0.228 e. The van der Waals surface area contributed by atoms with Crippen LogP contribution in [0.5, 0.6) is 0 Å². The second-order valence-electron chi connectivity index (χ2n) is 5.65. The Labute approximate surface area is 104 Å². The van der Waals surface area contributed by atoms with Gasteiger partial charge in [0.05, 0.1) is 12.5 Å². The van der Waals surface area contributed by atoms with Gasteiger partial charge in [0.2, 0.25) is 5.91 Å². The van der Waals surface area contributed by atoms with Gasteiger partial charge in [-0.25, -0.2) is 0 Å². The minimum absolute atomic E-state index is 0.0264. The van der Waals surface area contributed by atoms with E-state index < -0.39 is 0 Å². The molecule has 0 radical (unpaired) electrons. The fourth-order valence-corrected chi connectivity index (χ4v) is 3.00. The zero-order chi connectivity index (χ0) is 12.4. The number of hydrogen-bond acceptors (Lipinski definition) is 3. The lowest BCUT2D eigenvalue weighted by molar-refractivity contribution is -0.141. The van der Waals surface area contributed by atoms with Gasteiger partial charge < -0.3 is 10.0 Å². The molecule has 1 N–H and O–H groups in total. The zero-order valence-corrected chi connectivity index (χ0v) is 10.9. The van der Waals surface area contributed by atoms with Crippen LogP contribution in [0.1, 0.15) is 26.7 Å². The number of fused-ring (bicyclic) bond motifs is 1. The molecule has 98 valence electrons. The van der Waals surface area contributed by atoms with Crippen molar-refractivity contribution in [2.75, 3.05) is 32.8 Å². The highest BCUT2D eigenvalue weighted by Crippen LogP contribution is 2.23. The van der Waals surface area contributed by atoms with Gasteiger partial charge in [-0.2, -0.15) is 0 Å². The smallest absolute Gasteiger partial charge is 0.228 e. The van der Waals surface area contributed by atoms with Gasteiger partial charge in [-0.05, 0) is 25.3 Å². The number of nitrogens with zero attached hydrogens (tertiary/aromatic N) is 2. The highest BCUT2D eigenvalue weighted by molar-refractivity contribution is 5.79. The van der Waals surface area contributed by atoms with E-state index in [4.69, 9.17) is 0 Å². The number of piperazine rings is 1. The Morgan fingerprint density at radius 1 is 1.35 bits per heavy atom. The van der Waals surface area contributed by atoms with E-state index in [1.165, 1.54) is 19.4 Å². The van der Waals surface area contributed by atoms with Gasteiger partial charge in [-0.15, -0.1) is 0 Å². The fourth-order valence-electron chi connectivity index (χ4n) is 3.00. The van der Waals surface area contributed by atoms with Crippen molar-refractivity contribution in [3.63, 3.8) is 0 Å². The lowest BCUT2D eigenvalue weighted by Crippen LogP contribution is -2.54. The number of rotatable bonds is 3. The van der Waals surface area contributed by atoms with Crippen LogP contribution in [0.4, 0.5) is 0 Å². The van der Waals surface area contributed by atoms with Crippen LogP contribution in [0, 0.1) is 11.8 Å². The Balaban J connectivity index is 1.96. The van der Waals surface area contributed by atoms with E-state index in [1.807, 2.05) is 18.7 Å². The Kier molecular flexibility index (Phi) is 4.05. The van der Waals surface area contributed by atoms with Crippen molar-refractivity contribution in [1.82, 2.24) is 9.80 Å². The van der Waals surface area contributed by atoms with Gasteiger partial charge in [-0.3, -0.25) is 9.69 Å². The van der Waals surface area contributed by atoms with Gasteiger partial charge in [0, 0.05) is 25.7 Å². The van der Waals surface area contributed by atoms with Crippen LogP contribution < -0.4 is 0 Å². The number of carbonyl (C=O) groups excluding carboxylic acids is 1. The summed E-state index contributed by atoms with van der Waals surface area (Å²) in [6.45, 7) is 7.88. The number of aliphatic hydroxyl groups excluding tert-OH is 1. The minimum Gasteiger partial charge on any atom is -0.396 e. The molecule has 4 nitrogen and oxygen atoms in total. The van der Waals surface area contributed by atoms with Crippen molar-refractivity contribution in [3.8, 4) is 0 Å². The minimum atomic E-state index is -0.219. The van der Waals surface area contributed by atoms with Crippen molar-refractivity contribution < 1.29 is 9.90 Å². The highest BCUT2D eigenvalue weighted by Gasteiger charge is 2.35. The van der Waals surface area contributed by atoms with Crippen LogP contribution in [-0.2, 0) is 4.79 Å². The monoisotopic (exact) mass is 240 g/mol. The van der Waals surface area contributed by atoms with Gasteiger partial charge in [0.25, 0.3) is 0 Å². The predicted octanol–water partition coefficient (Wildman–Crippen LogP) is 0.557. The number of aliphatic hydroxyl groups is 1. The summed E-state index contributed by atoms with van der Waals surface area (Å²) < 4.78 is 0. The summed E-state index contributed by atoms with van der Waals surface area (Å²) in [6.07, 6.45) is 2.48. The molecule has 2 unspecified atom stereocenters. The maximum atomic E-state index is 12.3. The molecule has 2 aliphatic heterocycles. The standard InChI is InChI=1S/C13H24N2O2/c1-10(2)12(9-16)13(17)15-7-6-14-5-3-4-11(14)8-15/h10-12,16H,3-9H2,1-2H3. The number of amides is 1. The molecule has 2 aliphatic rings. The molecule has 0 aromatic heterocycles. The molecule has 0 aliphatic carbocycles. The second kappa shape index (κ2) is 5.36. The van der Waals surface area contributed by atoms with Crippen LogP contribution in [0.15, 0.2) is 0 Å². The van der Waals surface area contributed by atoms with Crippen LogP contribution >= 0.6 is 0 Å². The first-order chi connectivity index (χ1) is 8.13. The summed E-state index contributed by atoms with van der Waals surface area (Å²) in [5, 5.41) is 9.33. The summed E-state index contributed by atoms with van der Waals surface area (Å²) in [4.78, 5) is 16.8. The second-order valence-corrected chi connectivity index (χ2v) is 5.65. The maximum absolute atomic E-state index is 12.3. The van der Waals surface area contributed by atoms with Gasteiger partial charge in [0.1, 0.15) is 0 Å². The summed E-state index contributed by atoms with van der Waals surface area (Å²) in [5.74, 6) is 0.145. The van der Waals surface area contributed by atoms with Crippen LogP contribution in [-0.4, -0.2) is 59.6 Å². The van der Waals surface area contributed by atoms with Crippen LogP contribution in [0.25, 0.3) is 0 Å². The SMILES string of the molecule is CC(C)C(CO)C(=O)N1CCN2CCCC2C1. The van der Waals surface area contributed by atoms with Gasteiger partial charge in [0.15, 0.2) is 0 Å². The van der Waals surface area contributed by atoms with Gasteiger partial charge >= 0.3 is 0 Å². The van der Waals surface area contributed by atoms with E-state index in [0.29, 0.717) is 6.04 Å². The molecular formula is C13H24N2O2. The van der Waals surface area contributed by atoms with Crippen molar-refractivity contribution in [1.29, 1.82) is 0 Å². The molecule has 0 saturated carbocycles. The lowest BCUT2D eigenvalue weighted by atomic mass is 9.94. The van der Waals surface area contributed by atoms with Crippen molar-refractivity contribution >= 4 is 5.91 Å². The summed E-state index contributed by atoms with van der Waals surface area (Å²) in [6, 6.07) is 0.569. The molecule has 4 heteroatoms. The molecule has 2 heterocycles. The Hall–Kier alpha value is -0.610. The Morgan fingerprint density at radius 2 is 2.12 bits per heavy atom. The van der Waals surface area contributed by atoms with E-state index in [9.17, 15) is 9.90 Å². The van der Waals surface area contributed by atoms with E-state index in [-0.39, 0.29) is 24.3 Å². The number of carbonyl (C=O) groups is 1. The Morgan fingerprint density at radius 3 is 2.76 bits per heavy atom. The molecule has 17 heavy (non-hydrogen) atoms. The summed E-state index contributed by atoms with van der Waals surface area (Å²) in [5.41, 5.74) is 0. The quantitative estimate of drug-likeness (QED) is 0.784. The molecule has 0 aromatic rings. The molecule has 2 rings (SSSR count). The molecule has 0 bridgehead atoms. The van der Waals surface area contributed by atoms with Crippen molar-refractivity contribution in [3.05, 3.63) is 0 Å². The van der Waals surface area contributed by atoms with E-state index in [0.717, 1.165) is 19.6 Å². The average molecular weight is 240 g/mol. The average Bonchev–Trinajstić information content (AvgIpc) is 2.75. The first-order valence-electron chi connectivity index (χ1n) is 6.77. The third-order valence-electron chi connectivity index (χ3n) is 4.22. The molecule has 0 aromatic carbocycles. The van der Waals surface area contributed by atoms with Crippen molar-refractivity contribution in [2.24, 2.45) is 11.8 Å². The van der Waals surface area contributed by atoms with Gasteiger partial charge in [-0.1, -0.05) is 13.8 Å². The predicted molar refractivity (Wildman–Crippen MR) is 66.6 cm³/mol. The molecule has 2 saturated heterocycles. The first-order valence-corrected chi connectivity index (χ1v) is 6.77. The van der Waals surface area contributed by atoms with E-state index >= 15 is 0 Å². The van der Waals surface area contributed by atoms with E-state index in [2.05, 4.69) is 4.90 Å². The zero-order valence-electron chi connectivity index (χ0n) is 10.9. The number of hydrogen-bond donors (Lipinski definition) is 1. The van der Waals surface area contributed by atoms with Crippen molar-refractivity contribution in [2.45, 2.75) is 32.7 Å². The highest BCUT2D eigenvalue weighted by atomic mass is 16.3. The topological polar surface area (TPSA) is 43.8 Å². The summed E-state index contributed by atoms with van der Waals surface area (Å²) >= 11 is 0. The Bertz CT molecular complexity index is 281. The molecule has 2 atom stereocenters. The normalized spacial score (nSPS) is 27.3. The van der Waals surface area contributed by atoms with Crippen LogP contribution in [0.2, 0.25) is 0 Å². The third-order valence-corrected chi connectivity index (χ3v) is 4.22. The van der Waals surface area contributed by atoms with E-state index in [1.54, 1.807) is 0 Å². The third kappa shape index (κ3) is 2.63. The molecule has 0 spiro atoms. The first kappa shape index (κ1) is 12.8.